The van der Waals surface area contributed by atoms with Gasteiger partial charge in [0.15, 0.2) is 6.10 Å². The van der Waals surface area contributed by atoms with Gasteiger partial charge in [0, 0.05) is 18.7 Å². The van der Waals surface area contributed by atoms with Crippen molar-refractivity contribution in [2.75, 3.05) is 25.0 Å². The lowest BCUT2D eigenvalue weighted by Crippen LogP contribution is -2.50. The van der Waals surface area contributed by atoms with E-state index in [2.05, 4.69) is 5.32 Å². The average molecular weight is 304 g/mol. The molecule has 22 heavy (non-hydrogen) atoms. The number of rotatable bonds is 2. The van der Waals surface area contributed by atoms with Crippen LogP contribution >= 0.6 is 0 Å². The van der Waals surface area contributed by atoms with E-state index >= 15 is 0 Å². The number of nitrogens with one attached hydrogen (secondary N) is 1. The van der Waals surface area contributed by atoms with Crippen LogP contribution < -0.4 is 5.32 Å². The van der Waals surface area contributed by atoms with Crippen LogP contribution in [0.4, 0.5) is 5.69 Å². The number of hydrogen-bond acceptors (Lipinski definition) is 4. The van der Waals surface area contributed by atoms with Crippen molar-refractivity contribution in [3.05, 3.63) is 29.8 Å². The lowest BCUT2D eigenvalue weighted by atomic mass is 9.89. The van der Waals surface area contributed by atoms with E-state index in [1.54, 1.807) is 12.1 Å². The number of amides is 2. The minimum atomic E-state index is -1.08. The van der Waals surface area contributed by atoms with Crippen LogP contribution in [0.2, 0.25) is 0 Å². The third-order valence-corrected chi connectivity index (χ3v) is 3.95. The zero-order valence-corrected chi connectivity index (χ0v) is 11.8. The Hall–Kier alpha value is -2.41. The second-order valence-corrected chi connectivity index (χ2v) is 5.37. The van der Waals surface area contributed by atoms with E-state index in [-0.39, 0.29) is 31.4 Å². The van der Waals surface area contributed by atoms with Crippen LogP contribution in [0.25, 0.3) is 0 Å². The van der Waals surface area contributed by atoms with Gasteiger partial charge in [0.25, 0.3) is 0 Å². The lowest BCUT2D eigenvalue weighted by Gasteiger charge is -2.35. The molecule has 2 N–H and O–H groups in total. The summed E-state index contributed by atoms with van der Waals surface area (Å²) in [6.45, 7) is 0.528. The number of ether oxygens (including phenoxy) is 1. The van der Waals surface area contributed by atoms with E-state index in [0.29, 0.717) is 12.2 Å². The number of carboxylic acid groups (broad SMARTS) is 1. The van der Waals surface area contributed by atoms with E-state index in [0.717, 1.165) is 5.56 Å². The number of anilines is 1. The van der Waals surface area contributed by atoms with Gasteiger partial charge < -0.3 is 20.1 Å². The van der Waals surface area contributed by atoms with Crippen LogP contribution in [0.15, 0.2) is 24.3 Å². The van der Waals surface area contributed by atoms with E-state index in [1.807, 2.05) is 12.1 Å². The number of aliphatic carboxylic acids is 1. The number of carbonyl (C=O) groups is 3. The van der Waals surface area contributed by atoms with Crippen molar-refractivity contribution in [3.8, 4) is 0 Å². The van der Waals surface area contributed by atoms with Crippen molar-refractivity contribution < 1.29 is 24.2 Å². The van der Waals surface area contributed by atoms with E-state index in [9.17, 15) is 14.4 Å². The minimum absolute atomic E-state index is 0.00839. The fourth-order valence-electron chi connectivity index (χ4n) is 2.85. The molecule has 0 spiro atoms. The molecule has 1 saturated heterocycles. The van der Waals surface area contributed by atoms with Gasteiger partial charge in [-0.15, -0.1) is 0 Å². The van der Waals surface area contributed by atoms with Crippen molar-refractivity contribution in [1.82, 2.24) is 4.90 Å². The molecule has 2 aliphatic rings. The van der Waals surface area contributed by atoms with Crippen LogP contribution in [0.3, 0.4) is 0 Å². The van der Waals surface area contributed by atoms with Crippen LogP contribution in [0.1, 0.15) is 17.9 Å². The summed E-state index contributed by atoms with van der Waals surface area (Å²) in [5.41, 5.74) is 1.41. The van der Waals surface area contributed by atoms with Gasteiger partial charge in [-0.2, -0.15) is 0 Å². The molecule has 116 valence electrons. The molecular weight excluding hydrogens is 288 g/mol. The molecule has 7 heteroatoms. The Kier molecular flexibility index (Phi) is 3.81. The smallest absolute Gasteiger partial charge is 0.334 e. The van der Waals surface area contributed by atoms with Crippen LogP contribution in [0, 0.1) is 0 Å². The van der Waals surface area contributed by atoms with Gasteiger partial charge >= 0.3 is 5.97 Å². The molecule has 2 amide bonds. The summed E-state index contributed by atoms with van der Waals surface area (Å²) in [5, 5.41) is 11.8. The summed E-state index contributed by atoms with van der Waals surface area (Å²) >= 11 is 0. The van der Waals surface area contributed by atoms with Crippen LogP contribution in [-0.2, 0) is 19.1 Å². The lowest BCUT2D eigenvalue weighted by molar-refractivity contribution is -0.160. The largest absolute Gasteiger partial charge is 0.479 e. The zero-order valence-electron chi connectivity index (χ0n) is 11.8. The Labute approximate surface area is 126 Å². The number of hydrogen-bond donors (Lipinski definition) is 2. The Bertz CT molecular complexity index is 630. The molecule has 0 aromatic heterocycles. The molecule has 2 atom stereocenters. The molecule has 0 radical (unpaired) electrons. The van der Waals surface area contributed by atoms with Gasteiger partial charge in [-0.3, -0.25) is 9.59 Å². The molecule has 1 fully saturated rings. The Balaban J connectivity index is 1.83. The monoisotopic (exact) mass is 304 g/mol. The first-order chi connectivity index (χ1) is 10.6. The maximum absolute atomic E-state index is 12.7. The molecule has 2 heterocycles. The van der Waals surface area contributed by atoms with Gasteiger partial charge in [-0.05, 0) is 11.6 Å². The molecule has 0 aliphatic carbocycles. The first-order valence-electron chi connectivity index (χ1n) is 7.08. The topological polar surface area (TPSA) is 95.9 Å². The van der Waals surface area contributed by atoms with Gasteiger partial charge in [0.1, 0.15) is 0 Å². The second kappa shape index (κ2) is 5.76. The first kappa shape index (κ1) is 14.5. The molecule has 0 bridgehead atoms. The SMILES string of the molecule is O=C1C[C@H](C(=O)N2CCO[C@H](C(=O)O)C2)c2ccccc2N1. The maximum atomic E-state index is 12.7. The van der Waals surface area contributed by atoms with Crippen LogP contribution in [-0.4, -0.2) is 53.6 Å². The van der Waals surface area contributed by atoms with Crippen molar-refractivity contribution in [2.45, 2.75) is 18.4 Å². The van der Waals surface area contributed by atoms with Gasteiger partial charge in [-0.1, -0.05) is 18.2 Å². The molecule has 1 aromatic carbocycles. The predicted octanol–water partition coefficient (Wildman–Crippen LogP) is 0.424. The molecule has 2 aliphatic heterocycles. The van der Waals surface area contributed by atoms with E-state index in [4.69, 9.17) is 9.84 Å². The highest BCUT2D eigenvalue weighted by molar-refractivity contribution is 6.01. The van der Waals surface area contributed by atoms with Gasteiger partial charge in [0.2, 0.25) is 11.8 Å². The molecule has 3 rings (SSSR count). The summed E-state index contributed by atoms with van der Waals surface area (Å²) in [6.07, 6.45) is -0.935. The van der Waals surface area contributed by atoms with E-state index < -0.39 is 18.0 Å². The third kappa shape index (κ3) is 2.67. The fourth-order valence-corrected chi connectivity index (χ4v) is 2.85. The summed E-state index contributed by atoms with van der Waals surface area (Å²) in [4.78, 5) is 37.0. The van der Waals surface area contributed by atoms with Crippen LogP contribution in [0.5, 0.6) is 0 Å². The summed E-state index contributed by atoms with van der Waals surface area (Å²) in [7, 11) is 0. The predicted molar refractivity (Wildman–Crippen MR) is 76.4 cm³/mol. The second-order valence-electron chi connectivity index (χ2n) is 5.37. The summed E-state index contributed by atoms with van der Waals surface area (Å²) in [6, 6.07) is 7.18. The maximum Gasteiger partial charge on any atom is 0.334 e. The quantitative estimate of drug-likeness (QED) is 0.826. The Morgan fingerprint density at radius 2 is 2.09 bits per heavy atom. The van der Waals surface area contributed by atoms with Crippen molar-refractivity contribution in [3.63, 3.8) is 0 Å². The number of para-hydroxylation sites is 1. The van der Waals surface area contributed by atoms with Crippen molar-refractivity contribution in [2.24, 2.45) is 0 Å². The van der Waals surface area contributed by atoms with E-state index in [1.165, 1.54) is 4.90 Å². The highest BCUT2D eigenvalue weighted by atomic mass is 16.5. The fraction of sp³-hybridized carbons (Fsp3) is 0.400. The first-order valence-corrected chi connectivity index (χ1v) is 7.08. The van der Waals surface area contributed by atoms with Gasteiger partial charge in [0.05, 0.1) is 19.1 Å². The molecule has 7 nitrogen and oxygen atoms in total. The number of fused-ring (bicyclic) bond motifs is 1. The highest BCUT2D eigenvalue weighted by Crippen LogP contribution is 2.33. The minimum Gasteiger partial charge on any atom is -0.479 e. The standard InChI is InChI=1S/C15H16N2O5/c18-13-7-10(9-3-1-2-4-11(9)16-13)14(19)17-5-6-22-12(8-17)15(20)21/h1-4,10,12H,5-8H2,(H,16,18)(H,20,21)/t10-,12-/m0/s1. The average Bonchev–Trinajstić information content (AvgIpc) is 2.53. The Morgan fingerprint density at radius 1 is 1.32 bits per heavy atom. The summed E-state index contributed by atoms with van der Waals surface area (Å²) in [5.74, 6) is -2.09. The number of carboxylic acids is 1. The number of carbonyl (C=O) groups excluding carboxylic acids is 2. The third-order valence-electron chi connectivity index (χ3n) is 3.95. The number of nitrogens with zero attached hydrogens (tertiary/aromatic N) is 1. The van der Waals surface area contributed by atoms with Gasteiger partial charge in [-0.25, -0.2) is 4.79 Å². The van der Waals surface area contributed by atoms with Crippen molar-refractivity contribution in [1.29, 1.82) is 0 Å². The van der Waals surface area contributed by atoms with Crippen molar-refractivity contribution >= 4 is 23.5 Å². The zero-order chi connectivity index (χ0) is 15.7. The molecule has 0 saturated carbocycles. The molecular formula is C15H16N2O5. The number of morpholine rings is 1. The summed E-state index contributed by atoms with van der Waals surface area (Å²) < 4.78 is 5.12. The molecule has 1 aromatic rings. The number of benzene rings is 1. The molecule has 0 unspecified atom stereocenters. The normalized spacial score (nSPS) is 24.4. The highest BCUT2D eigenvalue weighted by Gasteiger charge is 2.36. The Morgan fingerprint density at radius 3 is 2.86 bits per heavy atom.